The summed E-state index contributed by atoms with van der Waals surface area (Å²) in [6, 6.07) is 9.56. The average Bonchev–Trinajstić information content (AvgIpc) is 3.14. The van der Waals surface area contributed by atoms with E-state index in [1.165, 1.54) is 22.0 Å². The zero-order valence-electron chi connectivity index (χ0n) is 10.4. The summed E-state index contributed by atoms with van der Waals surface area (Å²) >= 11 is 2.34. The molecule has 1 fully saturated rings. The van der Waals surface area contributed by atoms with Gasteiger partial charge in [0.15, 0.2) is 0 Å². The van der Waals surface area contributed by atoms with Crippen LogP contribution in [0.5, 0.6) is 0 Å². The van der Waals surface area contributed by atoms with Gasteiger partial charge in [-0.2, -0.15) is 0 Å². The number of benzene rings is 1. The Kier molecular flexibility index (Phi) is 4.26. The van der Waals surface area contributed by atoms with Crippen LogP contribution in [0.2, 0.25) is 0 Å². The third-order valence-electron chi connectivity index (χ3n) is 3.39. The maximum atomic E-state index is 4.00. The van der Waals surface area contributed by atoms with Crippen LogP contribution >= 0.6 is 22.6 Å². The molecule has 1 N–H and O–H groups in total. The molecular weight excluding hydrogens is 321 g/mol. The molecule has 0 aliphatic heterocycles. The van der Waals surface area contributed by atoms with Crippen molar-refractivity contribution in [1.82, 2.24) is 5.32 Å². The first kappa shape index (κ1) is 13.1. The van der Waals surface area contributed by atoms with Crippen LogP contribution in [0.4, 0.5) is 0 Å². The summed E-state index contributed by atoms with van der Waals surface area (Å²) in [6.45, 7) is 7.32. The zero-order valence-corrected chi connectivity index (χ0v) is 12.5. The lowest BCUT2D eigenvalue weighted by Gasteiger charge is -2.26. The normalized spacial score (nSPS) is 18.7. The second kappa shape index (κ2) is 5.53. The van der Waals surface area contributed by atoms with Crippen LogP contribution in [0.25, 0.3) is 0 Å². The molecule has 1 aromatic carbocycles. The molecule has 1 aromatic rings. The number of hydrogen-bond acceptors (Lipinski definition) is 1. The molecule has 1 nitrogen and oxygen atoms in total. The van der Waals surface area contributed by atoms with Gasteiger partial charge in [0, 0.05) is 21.6 Å². The predicted molar refractivity (Wildman–Crippen MR) is 82.2 cm³/mol. The molecule has 2 rings (SSSR count). The van der Waals surface area contributed by atoms with Gasteiger partial charge in [0.25, 0.3) is 0 Å². The van der Waals surface area contributed by atoms with Gasteiger partial charge in [-0.25, -0.2) is 0 Å². The first-order chi connectivity index (χ1) is 8.11. The lowest BCUT2D eigenvalue weighted by Crippen LogP contribution is -2.33. The molecule has 0 bridgehead atoms. The second-order valence-corrected chi connectivity index (χ2v) is 6.56. The molecule has 0 aromatic heterocycles. The van der Waals surface area contributed by atoms with Crippen molar-refractivity contribution in [3.05, 3.63) is 46.1 Å². The van der Waals surface area contributed by atoms with Crippen molar-refractivity contribution in [3.63, 3.8) is 0 Å². The molecule has 2 heteroatoms. The minimum atomic E-state index is 0.162. The summed E-state index contributed by atoms with van der Waals surface area (Å²) in [4.78, 5) is 0. The highest BCUT2D eigenvalue weighted by molar-refractivity contribution is 14.1. The van der Waals surface area contributed by atoms with E-state index in [2.05, 4.69) is 71.8 Å². The standard InChI is InChI=1S/C15H20IN/c1-3-15(2,11-17-14-8-9-14)10-12-4-6-13(16)7-5-12/h3-7,14,17H,1,8-11H2,2H3. The summed E-state index contributed by atoms with van der Waals surface area (Å²) in [6.07, 6.45) is 5.85. The molecule has 1 unspecified atom stereocenters. The van der Waals surface area contributed by atoms with E-state index in [-0.39, 0.29) is 5.41 Å². The number of nitrogens with one attached hydrogen (secondary N) is 1. The lowest BCUT2D eigenvalue weighted by atomic mass is 9.83. The molecule has 1 aliphatic carbocycles. The molecule has 0 heterocycles. The highest BCUT2D eigenvalue weighted by atomic mass is 127. The summed E-state index contributed by atoms with van der Waals surface area (Å²) in [5.41, 5.74) is 1.56. The van der Waals surface area contributed by atoms with Crippen LogP contribution < -0.4 is 5.32 Å². The zero-order chi connectivity index (χ0) is 12.3. The molecule has 0 spiro atoms. The fourth-order valence-corrected chi connectivity index (χ4v) is 2.30. The second-order valence-electron chi connectivity index (χ2n) is 5.32. The Hall–Kier alpha value is -0.350. The van der Waals surface area contributed by atoms with Crippen LogP contribution in [-0.4, -0.2) is 12.6 Å². The third kappa shape index (κ3) is 4.11. The Labute approximate surface area is 118 Å². The third-order valence-corrected chi connectivity index (χ3v) is 4.11. The molecule has 1 atom stereocenters. The monoisotopic (exact) mass is 341 g/mol. The Balaban J connectivity index is 1.96. The van der Waals surface area contributed by atoms with Crippen molar-refractivity contribution in [2.24, 2.45) is 5.41 Å². The maximum absolute atomic E-state index is 4.00. The summed E-state index contributed by atoms with van der Waals surface area (Å²) < 4.78 is 1.29. The Morgan fingerprint density at radius 2 is 2.06 bits per heavy atom. The maximum Gasteiger partial charge on any atom is 0.0130 e. The molecule has 0 saturated heterocycles. The molecule has 0 radical (unpaired) electrons. The van der Waals surface area contributed by atoms with Gasteiger partial charge >= 0.3 is 0 Å². The van der Waals surface area contributed by atoms with Gasteiger partial charge in [0.2, 0.25) is 0 Å². The van der Waals surface area contributed by atoms with E-state index in [1.54, 1.807) is 0 Å². The minimum Gasteiger partial charge on any atom is -0.313 e. The van der Waals surface area contributed by atoms with E-state index in [9.17, 15) is 0 Å². The molecular formula is C15H20IN. The van der Waals surface area contributed by atoms with Crippen molar-refractivity contribution in [2.75, 3.05) is 6.54 Å². The van der Waals surface area contributed by atoms with Crippen LogP contribution in [0.15, 0.2) is 36.9 Å². The van der Waals surface area contributed by atoms with Crippen molar-refractivity contribution in [2.45, 2.75) is 32.2 Å². The summed E-state index contributed by atoms with van der Waals surface area (Å²) in [5.74, 6) is 0. The summed E-state index contributed by atoms with van der Waals surface area (Å²) in [7, 11) is 0. The number of halogens is 1. The van der Waals surface area contributed by atoms with E-state index in [0.717, 1.165) is 19.0 Å². The van der Waals surface area contributed by atoms with Crippen molar-refractivity contribution >= 4 is 22.6 Å². The fraction of sp³-hybridized carbons (Fsp3) is 0.467. The van der Waals surface area contributed by atoms with Crippen molar-refractivity contribution in [3.8, 4) is 0 Å². The van der Waals surface area contributed by atoms with Gasteiger partial charge in [-0.1, -0.05) is 25.1 Å². The highest BCUT2D eigenvalue weighted by Crippen LogP contribution is 2.26. The molecule has 17 heavy (non-hydrogen) atoms. The van der Waals surface area contributed by atoms with Crippen molar-refractivity contribution < 1.29 is 0 Å². The van der Waals surface area contributed by atoms with Gasteiger partial charge < -0.3 is 5.32 Å². The quantitative estimate of drug-likeness (QED) is 0.613. The van der Waals surface area contributed by atoms with E-state index >= 15 is 0 Å². The van der Waals surface area contributed by atoms with Gasteiger partial charge in [-0.3, -0.25) is 0 Å². The van der Waals surface area contributed by atoms with Gasteiger partial charge in [0.1, 0.15) is 0 Å². The lowest BCUT2D eigenvalue weighted by molar-refractivity contribution is 0.389. The Morgan fingerprint density at radius 1 is 1.41 bits per heavy atom. The van der Waals surface area contributed by atoms with Crippen molar-refractivity contribution in [1.29, 1.82) is 0 Å². The summed E-state index contributed by atoms with van der Waals surface area (Å²) in [5, 5.41) is 3.61. The predicted octanol–water partition coefficient (Wildman–Crippen LogP) is 3.78. The Morgan fingerprint density at radius 3 is 2.59 bits per heavy atom. The van der Waals surface area contributed by atoms with E-state index < -0.39 is 0 Å². The van der Waals surface area contributed by atoms with Crippen LogP contribution in [0.1, 0.15) is 25.3 Å². The number of rotatable bonds is 6. The smallest absolute Gasteiger partial charge is 0.0130 e. The van der Waals surface area contributed by atoms with Crippen LogP contribution in [0, 0.1) is 8.99 Å². The highest BCUT2D eigenvalue weighted by Gasteiger charge is 2.26. The average molecular weight is 341 g/mol. The first-order valence-electron chi connectivity index (χ1n) is 6.23. The number of hydrogen-bond donors (Lipinski definition) is 1. The minimum absolute atomic E-state index is 0.162. The molecule has 1 saturated carbocycles. The fourth-order valence-electron chi connectivity index (χ4n) is 1.94. The molecule has 0 amide bonds. The molecule has 92 valence electrons. The SMILES string of the molecule is C=CC(C)(CNC1CC1)Cc1ccc(I)cc1. The van der Waals surface area contributed by atoms with E-state index in [1.807, 2.05) is 0 Å². The van der Waals surface area contributed by atoms with Crippen LogP contribution in [0.3, 0.4) is 0 Å². The van der Waals surface area contributed by atoms with E-state index in [4.69, 9.17) is 0 Å². The van der Waals surface area contributed by atoms with Gasteiger partial charge in [-0.05, 0) is 59.5 Å². The topological polar surface area (TPSA) is 12.0 Å². The first-order valence-corrected chi connectivity index (χ1v) is 7.31. The van der Waals surface area contributed by atoms with E-state index in [0.29, 0.717) is 0 Å². The van der Waals surface area contributed by atoms with Crippen LogP contribution in [-0.2, 0) is 6.42 Å². The van der Waals surface area contributed by atoms with Gasteiger partial charge in [0.05, 0.1) is 0 Å². The Bertz CT molecular complexity index is 380. The largest absolute Gasteiger partial charge is 0.313 e. The molecule has 1 aliphatic rings. The van der Waals surface area contributed by atoms with Gasteiger partial charge in [-0.15, -0.1) is 6.58 Å².